The van der Waals surface area contributed by atoms with E-state index in [4.69, 9.17) is 0 Å². The van der Waals surface area contributed by atoms with Gasteiger partial charge in [-0.1, -0.05) is 66.7 Å². The van der Waals surface area contributed by atoms with Crippen LogP contribution < -0.4 is 15.9 Å². The van der Waals surface area contributed by atoms with E-state index in [2.05, 4.69) is 77.8 Å². The van der Waals surface area contributed by atoms with Crippen molar-refractivity contribution in [1.82, 2.24) is 4.98 Å². The molecular weight excluding hydrogens is 261 g/mol. The Kier molecular flexibility index (Phi) is 3.90. The van der Waals surface area contributed by atoms with Gasteiger partial charge in [-0.05, 0) is 31.5 Å². The van der Waals surface area contributed by atoms with Gasteiger partial charge in [-0.25, -0.2) is 0 Å². The molecule has 0 amide bonds. The van der Waals surface area contributed by atoms with Gasteiger partial charge in [-0.2, -0.15) is 0 Å². The Morgan fingerprint density at radius 2 is 1.20 bits per heavy atom. The Hall–Kier alpha value is -1.98. The second-order valence-corrected chi connectivity index (χ2v) is 6.88. The summed E-state index contributed by atoms with van der Waals surface area (Å²) in [5.74, 6) is 0. The maximum absolute atomic E-state index is 4.47. The predicted molar refractivity (Wildman–Crippen MR) is 87.7 cm³/mol. The zero-order valence-electron chi connectivity index (χ0n) is 11.4. The molecule has 20 heavy (non-hydrogen) atoms. The molecule has 0 atom stereocenters. The highest BCUT2D eigenvalue weighted by atomic mass is 31.1. The molecule has 0 aliphatic carbocycles. The van der Waals surface area contributed by atoms with Gasteiger partial charge >= 0.3 is 0 Å². The summed E-state index contributed by atoms with van der Waals surface area (Å²) < 4.78 is 0. The van der Waals surface area contributed by atoms with Crippen LogP contribution in [-0.4, -0.2) is 4.98 Å². The lowest BCUT2D eigenvalue weighted by Crippen LogP contribution is -2.20. The van der Waals surface area contributed by atoms with Crippen molar-refractivity contribution in [1.29, 1.82) is 0 Å². The molecule has 0 aliphatic rings. The van der Waals surface area contributed by atoms with E-state index >= 15 is 0 Å². The van der Waals surface area contributed by atoms with Crippen LogP contribution >= 0.6 is 7.92 Å². The lowest BCUT2D eigenvalue weighted by Gasteiger charge is -2.18. The zero-order chi connectivity index (χ0) is 13.8. The van der Waals surface area contributed by atoms with Crippen LogP contribution in [0.3, 0.4) is 0 Å². The Morgan fingerprint density at radius 3 is 1.65 bits per heavy atom. The Bertz CT molecular complexity index is 623. The summed E-state index contributed by atoms with van der Waals surface area (Å²) in [7, 11) is -0.521. The van der Waals surface area contributed by atoms with Gasteiger partial charge in [0.1, 0.15) is 0 Å². The first-order chi connectivity index (χ1) is 9.84. The van der Waals surface area contributed by atoms with Crippen molar-refractivity contribution < 1.29 is 0 Å². The second-order valence-electron chi connectivity index (χ2n) is 4.66. The third-order valence-corrected chi connectivity index (χ3v) is 5.59. The van der Waals surface area contributed by atoms with Crippen molar-refractivity contribution in [2.75, 3.05) is 0 Å². The number of hydrogen-bond donors (Lipinski definition) is 0. The summed E-state index contributed by atoms with van der Waals surface area (Å²) >= 11 is 0. The van der Waals surface area contributed by atoms with E-state index in [-0.39, 0.29) is 0 Å². The fourth-order valence-corrected chi connectivity index (χ4v) is 4.43. The highest BCUT2D eigenvalue weighted by Crippen LogP contribution is 2.32. The molecule has 0 saturated heterocycles. The van der Waals surface area contributed by atoms with Gasteiger partial charge in [0.15, 0.2) is 0 Å². The van der Waals surface area contributed by atoms with E-state index in [0.717, 1.165) is 5.69 Å². The Morgan fingerprint density at radius 1 is 0.650 bits per heavy atom. The van der Waals surface area contributed by atoms with Gasteiger partial charge < -0.3 is 0 Å². The van der Waals surface area contributed by atoms with Crippen LogP contribution in [0.4, 0.5) is 0 Å². The first kappa shape index (κ1) is 13.0. The van der Waals surface area contributed by atoms with Crippen LogP contribution in [0.1, 0.15) is 5.69 Å². The molecule has 0 spiro atoms. The van der Waals surface area contributed by atoms with Gasteiger partial charge in [0.05, 0.1) is 0 Å². The first-order valence-corrected chi connectivity index (χ1v) is 8.01. The lowest BCUT2D eigenvalue weighted by atomic mass is 10.4. The largest absolute Gasteiger partial charge is 0.261 e. The molecule has 3 aromatic rings. The van der Waals surface area contributed by atoms with Gasteiger partial charge in [-0.3, -0.25) is 4.98 Å². The normalized spacial score (nSPS) is 10.7. The molecule has 3 rings (SSSR count). The fraction of sp³-hybridized carbons (Fsp3) is 0.0556. The number of aromatic nitrogens is 1. The summed E-state index contributed by atoms with van der Waals surface area (Å²) in [4.78, 5) is 4.47. The van der Waals surface area contributed by atoms with Gasteiger partial charge in [0, 0.05) is 17.2 Å². The summed E-state index contributed by atoms with van der Waals surface area (Å²) in [6.45, 7) is 2.02. The smallest absolute Gasteiger partial charge is 0.0373 e. The van der Waals surface area contributed by atoms with Gasteiger partial charge in [0.2, 0.25) is 0 Å². The molecule has 0 fully saturated rings. The average molecular weight is 277 g/mol. The van der Waals surface area contributed by atoms with E-state index < -0.39 is 7.92 Å². The van der Waals surface area contributed by atoms with E-state index in [9.17, 15) is 0 Å². The van der Waals surface area contributed by atoms with Crippen molar-refractivity contribution >= 4 is 23.8 Å². The highest BCUT2D eigenvalue weighted by molar-refractivity contribution is 7.79. The second kappa shape index (κ2) is 5.98. The van der Waals surface area contributed by atoms with Gasteiger partial charge in [-0.15, -0.1) is 0 Å². The minimum absolute atomic E-state index is 0.521. The molecule has 0 bridgehead atoms. The number of hydrogen-bond acceptors (Lipinski definition) is 1. The summed E-state index contributed by atoms with van der Waals surface area (Å²) in [5.41, 5.74) is 1.06. The number of rotatable bonds is 3. The zero-order valence-corrected chi connectivity index (χ0v) is 12.3. The maximum Gasteiger partial charge on any atom is 0.0373 e. The Labute approximate surface area is 121 Å². The quantitative estimate of drug-likeness (QED) is 0.670. The molecule has 98 valence electrons. The van der Waals surface area contributed by atoms with E-state index in [1.807, 2.05) is 13.1 Å². The van der Waals surface area contributed by atoms with Gasteiger partial charge in [0.25, 0.3) is 0 Å². The van der Waals surface area contributed by atoms with E-state index in [1.54, 1.807) is 0 Å². The van der Waals surface area contributed by atoms with Crippen LogP contribution in [0.2, 0.25) is 0 Å². The summed E-state index contributed by atoms with van der Waals surface area (Å²) in [6.07, 6.45) is 2.01. The molecule has 0 aliphatic heterocycles. The lowest BCUT2D eigenvalue weighted by molar-refractivity contribution is 1.21. The molecule has 0 saturated carbocycles. The van der Waals surface area contributed by atoms with Crippen molar-refractivity contribution in [3.63, 3.8) is 0 Å². The van der Waals surface area contributed by atoms with Crippen molar-refractivity contribution in [2.45, 2.75) is 6.92 Å². The number of nitrogens with zero attached hydrogens (tertiary/aromatic N) is 1. The first-order valence-electron chi connectivity index (χ1n) is 6.67. The van der Waals surface area contributed by atoms with E-state index in [0.29, 0.717) is 0 Å². The summed E-state index contributed by atoms with van der Waals surface area (Å²) in [6, 6.07) is 25.7. The van der Waals surface area contributed by atoms with Crippen LogP contribution in [-0.2, 0) is 0 Å². The van der Waals surface area contributed by atoms with E-state index in [1.165, 1.54) is 15.9 Å². The van der Waals surface area contributed by atoms with Crippen LogP contribution in [0.5, 0.6) is 0 Å². The molecular formula is C18H16NP. The van der Waals surface area contributed by atoms with Crippen molar-refractivity contribution in [3.8, 4) is 0 Å². The standard InChI is InChI=1S/C18H16NP/c1-15-12-13-18(14-19-15)20(16-8-4-2-5-9-16)17-10-6-3-7-11-17/h2-14H,1H3. The molecule has 1 heterocycles. The van der Waals surface area contributed by atoms with Crippen molar-refractivity contribution in [2.24, 2.45) is 0 Å². The average Bonchev–Trinajstić information content (AvgIpc) is 2.52. The molecule has 0 N–H and O–H groups in total. The molecule has 2 heteroatoms. The van der Waals surface area contributed by atoms with Crippen LogP contribution in [0.15, 0.2) is 79.0 Å². The highest BCUT2D eigenvalue weighted by Gasteiger charge is 2.15. The third kappa shape index (κ3) is 2.79. The number of pyridine rings is 1. The predicted octanol–water partition coefficient (Wildman–Crippen LogP) is 3.15. The molecule has 2 aromatic carbocycles. The molecule has 1 aromatic heterocycles. The molecule has 0 unspecified atom stereocenters. The van der Waals surface area contributed by atoms with Crippen LogP contribution in [0, 0.1) is 6.92 Å². The monoisotopic (exact) mass is 277 g/mol. The van der Waals surface area contributed by atoms with Crippen molar-refractivity contribution in [3.05, 3.63) is 84.7 Å². The molecule has 0 radical (unpaired) electrons. The molecule has 1 nitrogen and oxygen atoms in total. The third-order valence-electron chi connectivity index (χ3n) is 3.18. The fourth-order valence-electron chi connectivity index (χ4n) is 2.19. The van der Waals surface area contributed by atoms with Crippen LogP contribution in [0.25, 0.3) is 0 Å². The summed E-state index contributed by atoms with van der Waals surface area (Å²) in [5, 5.41) is 4.02. The topological polar surface area (TPSA) is 12.9 Å². The minimum atomic E-state index is -0.521. The SMILES string of the molecule is Cc1ccc(P(c2ccccc2)c2ccccc2)cn1. The maximum atomic E-state index is 4.47. The number of benzene rings is 2. The number of aryl methyl sites for hydroxylation is 1. The minimum Gasteiger partial charge on any atom is -0.261 e. The Balaban J connectivity index is 2.11.